The minimum atomic E-state index is -0.187. The summed E-state index contributed by atoms with van der Waals surface area (Å²) in [6.45, 7) is 3.89. The van der Waals surface area contributed by atoms with Gasteiger partial charge in [0.15, 0.2) is 0 Å². The van der Waals surface area contributed by atoms with Crippen molar-refractivity contribution in [2.24, 2.45) is 0 Å². The molecular formula is C13H16FN3S. The van der Waals surface area contributed by atoms with Gasteiger partial charge < -0.3 is 5.32 Å². The summed E-state index contributed by atoms with van der Waals surface area (Å²) in [5, 5.41) is 7.30. The summed E-state index contributed by atoms with van der Waals surface area (Å²) >= 11 is 1.41. The van der Waals surface area contributed by atoms with Crippen LogP contribution in [-0.4, -0.2) is 16.6 Å². The molecule has 0 aliphatic carbocycles. The average Bonchev–Trinajstić information content (AvgIpc) is 2.75. The van der Waals surface area contributed by atoms with E-state index in [2.05, 4.69) is 14.9 Å². The number of aryl methyl sites for hydroxylation is 2. The first-order valence-electron chi connectivity index (χ1n) is 5.83. The Hall–Kier alpha value is -1.33. The lowest BCUT2D eigenvalue weighted by molar-refractivity contribution is 0.591. The van der Waals surface area contributed by atoms with Crippen LogP contribution in [0.25, 0.3) is 0 Å². The third-order valence-electron chi connectivity index (χ3n) is 3.08. The van der Waals surface area contributed by atoms with Crippen LogP contribution in [0.3, 0.4) is 0 Å². The number of likely N-dealkylation sites (N-methyl/N-ethyl adjacent to an activating group) is 1. The van der Waals surface area contributed by atoms with Crippen molar-refractivity contribution in [2.75, 3.05) is 7.05 Å². The van der Waals surface area contributed by atoms with Crippen molar-refractivity contribution in [3.63, 3.8) is 0 Å². The average molecular weight is 265 g/mol. The van der Waals surface area contributed by atoms with Crippen LogP contribution >= 0.6 is 11.5 Å². The van der Waals surface area contributed by atoms with Crippen molar-refractivity contribution < 1.29 is 4.39 Å². The molecule has 0 aliphatic rings. The van der Waals surface area contributed by atoms with E-state index in [1.165, 1.54) is 17.6 Å². The predicted octanol–water partition coefficient (Wildman–Crippen LogP) is 2.80. The SMILES string of the molecule is CNC(Cc1ccc(F)cc1C)c1snnc1C. The number of nitrogens with zero attached hydrogens (tertiary/aromatic N) is 2. The highest BCUT2D eigenvalue weighted by molar-refractivity contribution is 7.05. The largest absolute Gasteiger partial charge is 0.312 e. The maximum atomic E-state index is 13.1. The van der Waals surface area contributed by atoms with E-state index in [0.29, 0.717) is 0 Å². The van der Waals surface area contributed by atoms with Gasteiger partial charge >= 0.3 is 0 Å². The van der Waals surface area contributed by atoms with Gasteiger partial charge in [-0.25, -0.2) is 4.39 Å². The summed E-state index contributed by atoms with van der Waals surface area (Å²) in [6.07, 6.45) is 0.813. The smallest absolute Gasteiger partial charge is 0.123 e. The molecule has 0 aliphatic heterocycles. The maximum Gasteiger partial charge on any atom is 0.123 e. The first kappa shape index (κ1) is 13.1. The van der Waals surface area contributed by atoms with Crippen molar-refractivity contribution in [1.29, 1.82) is 0 Å². The maximum absolute atomic E-state index is 13.1. The Morgan fingerprint density at radius 3 is 2.72 bits per heavy atom. The van der Waals surface area contributed by atoms with Gasteiger partial charge in [-0.15, -0.1) is 5.10 Å². The molecule has 0 bridgehead atoms. The van der Waals surface area contributed by atoms with Crippen LogP contribution in [0.2, 0.25) is 0 Å². The molecule has 0 saturated heterocycles. The minimum absolute atomic E-state index is 0.175. The number of hydrogen-bond acceptors (Lipinski definition) is 4. The van der Waals surface area contributed by atoms with E-state index in [4.69, 9.17) is 0 Å². The van der Waals surface area contributed by atoms with Crippen LogP contribution in [0, 0.1) is 19.7 Å². The first-order valence-corrected chi connectivity index (χ1v) is 6.60. The number of rotatable bonds is 4. The first-order chi connectivity index (χ1) is 8.61. The number of nitrogens with one attached hydrogen (secondary N) is 1. The number of hydrogen-bond donors (Lipinski definition) is 1. The molecule has 1 N–H and O–H groups in total. The molecule has 0 saturated carbocycles. The Morgan fingerprint density at radius 1 is 1.39 bits per heavy atom. The second kappa shape index (κ2) is 5.54. The van der Waals surface area contributed by atoms with Crippen LogP contribution < -0.4 is 5.32 Å². The molecule has 2 rings (SSSR count). The van der Waals surface area contributed by atoms with Crippen molar-refractivity contribution in [2.45, 2.75) is 26.3 Å². The molecule has 1 atom stereocenters. The Kier molecular flexibility index (Phi) is 4.04. The summed E-state index contributed by atoms with van der Waals surface area (Å²) in [5.41, 5.74) is 3.08. The van der Waals surface area contributed by atoms with Gasteiger partial charge in [0.1, 0.15) is 5.82 Å². The van der Waals surface area contributed by atoms with Crippen molar-refractivity contribution in [1.82, 2.24) is 14.9 Å². The van der Waals surface area contributed by atoms with Gasteiger partial charge in [0.2, 0.25) is 0 Å². The Balaban J connectivity index is 2.23. The molecule has 0 amide bonds. The van der Waals surface area contributed by atoms with E-state index in [9.17, 15) is 4.39 Å². The minimum Gasteiger partial charge on any atom is -0.312 e. The van der Waals surface area contributed by atoms with E-state index in [1.54, 1.807) is 6.07 Å². The van der Waals surface area contributed by atoms with Gasteiger partial charge in [-0.1, -0.05) is 10.6 Å². The van der Waals surface area contributed by atoms with Crippen LogP contribution in [0.15, 0.2) is 18.2 Å². The summed E-state index contributed by atoms with van der Waals surface area (Å²) < 4.78 is 17.0. The van der Waals surface area contributed by atoms with E-state index in [0.717, 1.165) is 28.1 Å². The summed E-state index contributed by atoms with van der Waals surface area (Å²) in [5.74, 6) is -0.187. The molecule has 0 radical (unpaired) electrons. The second-order valence-corrected chi connectivity index (χ2v) is 5.12. The molecule has 1 unspecified atom stereocenters. The van der Waals surface area contributed by atoms with Crippen molar-refractivity contribution in [3.8, 4) is 0 Å². The normalized spacial score (nSPS) is 12.7. The standard InChI is InChI=1S/C13H16FN3S/c1-8-6-11(14)5-4-10(8)7-12(15-3)13-9(2)16-17-18-13/h4-6,12,15H,7H2,1-3H3. The van der Waals surface area contributed by atoms with Crippen LogP contribution in [0.5, 0.6) is 0 Å². The van der Waals surface area contributed by atoms with Crippen LogP contribution in [-0.2, 0) is 6.42 Å². The molecule has 1 heterocycles. The molecule has 3 nitrogen and oxygen atoms in total. The molecule has 0 fully saturated rings. The lowest BCUT2D eigenvalue weighted by atomic mass is 9.99. The second-order valence-electron chi connectivity index (χ2n) is 4.34. The molecular weight excluding hydrogens is 249 g/mol. The monoisotopic (exact) mass is 265 g/mol. The molecule has 1 aromatic carbocycles. The number of benzene rings is 1. The molecule has 5 heteroatoms. The van der Waals surface area contributed by atoms with Gasteiger partial charge in [-0.2, -0.15) is 0 Å². The fourth-order valence-electron chi connectivity index (χ4n) is 1.99. The fraction of sp³-hybridized carbons (Fsp3) is 0.385. The third-order valence-corrected chi connectivity index (χ3v) is 4.02. The highest BCUT2D eigenvalue weighted by Crippen LogP contribution is 2.24. The van der Waals surface area contributed by atoms with E-state index < -0.39 is 0 Å². The number of halogens is 1. The Bertz CT molecular complexity index is 539. The van der Waals surface area contributed by atoms with Gasteiger partial charge in [0.05, 0.1) is 10.6 Å². The Morgan fingerprint density at radius 2 is 2.17 bits per heavy atom. The zero-order valence-corrected chi connectivity index (χ0v) is 11.5. The Labute approximate surface area is 110 Å². The van der Waals surface area contributed by atoms with Crippen molar-refractivity contribution >= 4 is 11.5 Å². The quantitative estimate of drug-likeness (QED) is 0.923. The molecule has 0 spiro atoms. The van der Waals surface area contributed by atoms with Crippen LogP contribution in [0.1, 0.15) is 27.7 Å². The molecule has 2 aromatic rings. The zero-order chi connectivity index (χ0) is 13.1. The van der Waals surface area contributed by atoms with E-state index >= 15 is 0 Å². The number of aromatic nitrogens is 2. The summed E-state index contributed by atoms with van der Waals surface area (Å²) in [7, 11) is 1.92. The van der Waals surface area contributed by atoms with Crippen LogP contribution in [0.4, 0.5) is 4.39 Å². The third kappa shape index (κ3) is 2.73. The lowest BCUT2D eigenvalue weighted by Crippen LogP contribution is -2.19. The van der Waals surface area contributed by atoms with Gasteiger partial charge in [-0.05, 0) is 62.1 Å². The zero-order valence-electron chi connectivity index (χ0n) is 10.7. The highest BCUT2D eigenvalue weighted by Gasteiger charge is 2.16. The van der Waals surface area contributed by atoms with Gasteiger partial charge in [0.25, 0.3) is 0 Å². The van der Waals surface area contributed by atoms with E-state index in [-0.39, 0.29) is 11.9 Å². The summed E-state index contributed by atoms with van der Waals surface area (Å²) in [4.78, 5) is 1.14. The topological polar surface area (TPSA) is 37.8 Å². The van der Waals surface area contributed by atoms with Gasteiger partial charge in [0, 0.05) is 6.04 Å². The molecule has 96 valence electrons. The fourth-order valence-corrected chi connectivity index (χ4v) is 2.74. The molecule has 1 aromatic heterocycles. The lowest BCUT2D eigenvalue weighted by Gasteiger charge is -2.16. The highest BCUT2D eigenvalue weighted by atomic mass is 32.1. The molecule has 18 heavy (non-hydrogen) atoms. The predicted molar refractivity (Wildman–Crippen MR) is 71.3 cm³/mol. The van der Waals surface area contributed by atoms with Gasteiger partial charge in [-0.3, -0.25) is 0 Å². The summed E-state index contributed by atoms with van der Waals surface area (Å²) in [6, 6.07) is 5.10. The van der Waals surface area contributed by atoms with Crippen molar-refractivity contribution in [3.05, 3.63) is 45.7 Å². The van der Waals surface area contributed by atoms with E-state index in [1.807, 2.05) is 27.0 Å².